The quantitative estimate of drug-likeness (QED) is 0.163. The molecule has 0 spiro atoms. The number of hydrogen-bond donors (Lipinski definition) is 0. The van der Waals surface area contributed by atoms with Gasteiger partial charge in [0.05, 0.1) is 22.1 Å². The second-order valence-electron chi connectivity index (χ2n) is 7.54. The number of halogens is 2. The van der Waals surface area contributed by atoms with E-state index in [2.05, 4.69) is 4.99 Å². The van der Waals surface area contributed by atoms with E-state index in [0.717, 1.165) is 5.56 Å². The molecule has 0 bridgehead atoms. The number of nitro groups is 1. The van der Waals surface area contributed by atoms with Gasteiger partial charge in [0.25, 0.3) is 5.69 Å². The molecule has 0 saturated heterocycles. The Morgan fingerprint density at radius 3 is 2.54 bits per heavy atom. The van der Waals surface area contributed by atoms with Crippen molar-refractivity contribution in [2.75, 3.05) is 7.11 Å². The van der Waals surface area contributed by atoms with Crippen LogP contribution in [0.1, 0.15) is 22.3 Å². The average molecular weight is 513 g/mol. The molecule has 0 atom stereocenters. The Morgan fingerprint density at radius 1 is 1.06 bits per heavy atom. The highest BCUT2D eigenvalue weighted by atomic mass is 35.5. The molecular formula is C25H18Cl2N2O6. The minimum Gasteiger partial charge on any atom is -0.493 e. The minimum absolute atomic E-state index is 0.0250. The van der Waals surface area contributed by atoms with E-state index in [1.54, 1.807) is 49.4 Å². The van der Waals surface area contributed by atoms with Crippen molar-refractivity contribution in [1.29, 1.82) is 0 Å². The van der Waals surface area contributed by atoms with Crippen LogP contribution in [0.3, 0.4) is 0 Å². The Kier molecular flexibility index (Phi) is 7.04. The summed E-state index contributed by atoms with van der Waals surface area (Å²) in [5, 5.41) is 11.9. The fraction of sp³-hybridized carbons (Fsp3) is 0.120. The smallest absolute Gasteiger partial charge is 0.363 e. The first kappa shape index (κ1) is 24.3. The van der Waals surface area contributed by atoms with Gasteiger partial charge in [0.1, 0.15) is 6.61 Å². The van der Waals surface area contributed by atoms with Crippen molar-refractivity contribution in [1.82, 2.24) is 0 Å². The summed E-state index contributed by atoms with van der Waals surface area (Å²) in [4.78, 5) is 27.2. The first-order chi connectivity index (χ1) is 16.7. The van der Waals surface area contributed by atoms with Crippen molar-refractivity contribution in [2.24, 2.45) is 4.99 Å². The number of esters is 1. The van der Waals surface area contributed by atoms with Gasteiger partial charge in [-0.2, -0.15) is 0 Å². The molecule has 0 amide bonds. The lowest BCUT2D eigenvalue weighted by Gasteiger charge is -2.12. The highest BCUT2D eigenvalue weighted by molar-refractivity contribution is 6.42. The van der Waals surface area contributed by atoms with E-state index in [1.165, 1.54) is 19.2 Å². The number of aliphatic imine (C=N–C) groups is 1. The zero-order valence-corrected chi connectivity index (χ0v) is 20.1. The molecule has 0 N–H and O–H groups in total. The number of benzene rings is 3. The van der Waals surface area contributed by atoms with Gasteiger partial charge in [-0.3, -0.25) is 10.1 Å². The summed E-state index contributed by atoms with van der Waals surface area (Å²) in [6, 6.07) is 14.8. The maximum Gasteiger partial charge on any atom is 0.363 e. The van der Waals surface area contributed by atoms with Gasteiger partial charge in [0.2, 0.25) is 5.90 Å². The largest absolute Gasteiger partial charge is 0.493 e. The van der Waals surface area contributed by atoms with Crippen molar-refractivity contribution >= 4 is 46.8 Å². The van der Waals surface area contributed by atoms with Crippen LogP contribution in [0.5, 0.6) is 11.5 Å². The third-order valence-corrected chi connectivity index (χ3v) is 5.87. The average Bonchev–Trinajstić information content (AvgIpc) is 3.20. The number of carbonyl (C=O) groups excluding carboxylic acids is 1. The van der Waals surface area contributed by atoms with Gasteiger partial charge >= 0.3 is 5.97 Å². The lowest BCUT2D eigenvalue weighted by Crippen LogP contribution is -2.06. The number of hydrogen-bond acceptors (Lipinski definition) is 7. The topological polar surface area (TPSA) is 100 Å². The molecule has 1 aliphatic rings. The Balaban J connectivity index is 1.54. The predicted molar refractivity (Wildman–Crippen MR) is 132 cm³/mol. The Labute approximate surface area is 210 Å². The molecule has 0 saturated carbocycles. The molecule has 178 valence electrons. The Morgan fingerprint density at radius 2 is 1.86 bits per heavy atom. The second-order valence-corrected chi connectivity index (χ2v) is 8.36. The van der Waals surface area contributed by atoms with Gasteiger partial charge in [-0.25, -0.2) is 9.79 Å². The molecule has 0 unspecified atom stereocenters. The molecule has 0 aromatic heterocycles. The molecule has 1 heterocycles. The van der Waals surface area contributed by atoms with Crippen molar-refractivity contribution in [3.05, 3.63) is 103 Å². The SMILES string of the molecule is COc1cc(/C=C2\N=C(c3ccc([N+](=O)[O-])c(C)c3)OC2=O)ccc1OCc1ccc(Cl)c(Cl)c1. The minimum atomic E-state index is -0.630. The molecular weight excluding hydrogens is 495 g/mol. The molecule has 3 aromatic rings. The van der Waals surface area contributed by atoms with Crippen LogP contribution in [0.4, 0.5) is 5.69 Å². The molecule has 4 rings (SSSR count). The van der Waals surface area contributed by atoms with Gasteiger partial charge in [0.15, 0.2) is 17.2 Å². The predicted octanol–water partition coefficient (Wildman–Crippen LogP) is 6.14. The number of nitro benzene ring substituents is 1. The standard InChI is InChI=1S/C25H18Cl2N2O6/c1-14-9-17(5-7-21(14)29(31)32)24-28-20(25(30)35-24)11-15-4-8-22(23(12-15)33-2)34-13-16-3-6-18(26)19(27)10-16/h3-12H,13H2,1-2H3/b20-11-. The zero-order chi connectivity index (χ0) is 25.1. The summed E-state index contributed by atoms with van der Waals surface area (Å²) in [6.45, 7) is 1.86. The number of nitrogens with zero attached hydrogens (tertiary/aromatic N) is 2. The molecule has 1 aliphatic heterocycles. The van der Waals surface area contributed by atoms with Crippen molar-refractivity contribution in [2.45, 2.75) is 13.5 Å². The van der Waals surface area contributed by atoms with Crippen LogP contribution < -0.4 is 9.47 Å². The highest BCUT2D eigenvalue weighted by Gasteiger charge is 2.25. The van der Waals surface area contributed by atoms with Crippen LogP contribution >= 0.6 is 23.2 Å². The van der Waals surface area contributed by atoms with Crippen LogP contribution in [-0.4, -0.2) is 23.9 Å². The number of carbonyl (C=O) groups is 1. The summed E-state index contributed by atoms with van der Waals surface area (Å²) in [6.07, 6.45) is 1.55. The number of rotatable bonds is 7. The molecule has 8 nitrogen and oxygen atoms in total. The normalized spacial score (nSPS) is 14.0. The molecule has 0 aliphatic carbocycles. The maximum absolute atomic E-state index is 12.4. The summed E-state index contributed by atoms with van der Waals surface area (Å²) in [5.41, 5.74) is 2.44. The van der Waals surface area contributed by atoms with Crippen LogP contribution in [0.2, 0.25) is 10.0 Å². The van der Waals surface area contributed by atoms with Crippen molar-refractivity contribution in [3.8, 4) is 11.5 Å². The van der Waals surface area contributed by atoms with Gasteiger partial charge in [0, 0.05) is 17.2 Å². The summed E-state index contributed by atoms with van der Waals surface area (Å²) in [5.74, 6) is 0.406. The van der Waals surface area contributed by atoms with Crippen LogP contribution in [0.25, 0.3) is 6.08 Å². The third kappa shape index (κ3) is 5.45. The van der Waals surface area contributed by atoms with Crippen molar-refractivity contribution < 1.29 is 23.9 Å². The second kappa shape index (κ2) is 10.2. The number of methoxy groups -OCH3 is 1. The van der Waals surface area contributed by atoms with E-state index >= 15 is 0 Å². The summed E-state index contributed by atoms with van der Waals surface area (Å²) >= 11 is 12.0. The lowest BCUT2D eigenvalue weighted by atomic mass is 10.1. The Hall–Kier alpha value is -3.88. The fourth-order valence-electron chi connectivity index (χ4n) is 3.37. The number of ether oxygens (including phenoxy) is 3. The number of aryl methyl sites for hydroxylation is 1. The van der Waals surface area contributed by atoms with E-state index in [0.29, 0.717) is 38.2 Å². The van der Waals surface area contributed by atoms with Gasteiger partial charge in [-0.1, -0.05) is 35.3 Å². The molecule has 10 heteroatoms. The van der Waals surface area contributed by atoms with E-state index in [4.69, 9.17) is 37.4 Å². The van der Waals surface area contributed by atoms with Gasteiger partial charge in [-0.05, 0) is 60.5 Å². The molecule has 0 fully saturated rings. The zero-order valence-electron chi connectivity index (χ0n) is 18.6. The van der Waals surface area contributed by atoms with E-state index in [9.17, 15) is 14.9 Å². The monoisotopic (exact) mass is 512 g/mol. The molecule has 0 radical (unpaired) electrons. The van der Waals surface area contributed by atoms with E-state index in [-0.39, 0.29) is 23.9 Å². The summed E-state index contributed by atoms with van der Waals surface area (Å²) < 4.78 is 16.6. The van der Waals surface area contributed by atoms with Gasteiger partial charge in [-0.15, -0.1) is 0 Å². The van der Waals surface area contributed by atoms with E-state index < -0.39 is 10.9 Å². The number of cyclic esters (lactones) is 1. The fourth-order valence-corrected chi connectivity index (χ4v) is 3.69. The third-order valence-electron chi connectivity index (χ3n) is 5.13. The lowest BCUT2D eigenvalue weighted by molar-refractivity contribution is -0.385. The maximum atomic E-state index is 12.4. The molecule has 35 heavy (non-hydrogen) atoms. The highest BCUT2D eigenvalue weighted by Crippen LogP contribution is 2.31. The summed E-state index contributed by atoms with van der Waals surface area (Å²) in [7, 11) is 1.51. The van der Waals surface area contributed by atoms with Crippen molar-refractivity contribution in [3.63, 3.8) is 0 Å². The first-order valence-electron chi connectivity index (χ1n) is 10.3. The molecule has 3 aromatic carbocycles. The first-order valence-corrected chi connectivity index (χ1v) is 11.0. The van der Waals surface area contributed by atoms with Crippen LogP contribution in [-0.2, 0) is 16.1 Å². The van der Waals surface area contributed by atoms with Gasteiger partial charge < -0.3 is 14.2 Å². The van der Waals surface area contributed by atoms with Crippen LogP contribution in [0.15, 0.2) is 65.3 Å². The van der Waals surface area contributed by atoms with E-state index in [1.807, 2.05) is 6.07 Å². The Bertz CT molecular complexity index is 1400. The van der Waals surface area contributed by atoms with Crippen LogP contribution in [0, 0.1) is 17.0 Å².